The second-order valence-corrected chi connectivity index (χ2v) is 4.38. The number of benzene rings is 1. The van der Waals surface area contributed by atoms with Gasteiger partial charge in [-0.05, 0) is 34.1 Å². The Morgan fingerprint density at radius 1 is 1.37 bits per heavy atom. The third-order valence-electron chi connectivity index (χ3n) is 2.23. The molecule has 6 nitrogen and oxygen atoms in total. The molecule has 1 heterocycles. The van der Waals surface area contributed by atoms with Crippen LogP contribution in [0.5, 0.6) is 0 Å². The molecule has 2 rings (SSSR count). The number of rotatable bonds is 3. The van der Waals surface area contributed by atoms with Crippen molar-refractivity contribution in [1.82, 2.24) is 9.97 Å². The molecule has 0 saturated heterocycles. The fourth-order valence-corrected chi connectivity index (χ4v) is 1.80. The molecule has 0 unspecified atom stereocenters. The van der Waals surface area contributed by atoms with Gasteiger partial charge in [-0.3, -0.25) is 0 Å². The van der Waals surface area contributed by atoms with E-state index < -0.39 is 5.97 Å². The maximum atomic E-state index is 10.6. The number of halogens is 1. The fraction of sp³-hybridized carbons (Fsp3) is 0. The summed E-state index contributed by atoms with van der Waals surface area (Å²) < 4.78 is 0.704. The topological polar surface area (TPSA) is 98.9 Å². The zero-order valence-electron chi connectivity index (χ0n) is 9.46. The van der Waals surface area contributed by atoms with Gasteiger partial charge < -0.3 is 10.4 Å². The van der Waals surface area contributed by atoms with E-state index >= 15 is 0 Å². The Morgan fingerprint density at radius 3 is 2.68 bits per heavy atom. The zero-order chi connectivity index (χ0) is 13.8. The lowest BCUT2D eigenvalue weighted by Crippen LogP contribution is -2.03. The molecule has 0 saturated carbocycles. The highest BCUT2D eigenvalue weighted by Gasteiger charge is 2.06. The molecule has 0 amide bonds. The van der Waals surface area contributed by atoms with Crippen LogP contribution in [0.25, 0.3) is 0 Å². The van der Waals surface area contributed by atoms with Crippen LogP contribution < -0.4 is 5.32 Å². The van der Waals surface area contributed by atoms with Crippen LogP contribution in [0.4, 0.5) is 11.5 Å². The number of nitrogens with zero attached hydrogens (tertiary/aromatic N) is 3. The van der Waals surface area contributed by atoms with Crippen molar-refractivity contribution in [2.75, 3.05) is 5.32 Å². The molecular formula is C12H7BrN4O2. The quantitative estimate of drug-likeness (QED) is 0.902. The van der Waals surface area contributed by atoms with Crippen molar-refractivity contribution in [3.63, 3.8) is 0 Å². The van der Waals surface area contributed by atoms with Crippen LogP contribution in [0.1, 0.15) is 16.1 Å². The largest absolute Gasteiger partial charge is 0.476 e. The fourth-order valence-electron chi connectivity index (χ4n) is 1.33. The van der Waals surface area contributed by atoms with Crippen LogP contribution in [0, 0.1) is 11.3 Å². The lowest BCUT2D eigenvalue weighted by atomic mass is 10.2. The molecule has 7 heteroatoms. The van der Waals surface area contributed by atoms with Gasteiger partial charge in [0.2, 0.25) is 0 Å². The number of hydrogen-bond acceptors (Lipinski definition) is 5. The van der Waals surface area contributed by atoms with Gasteiger partial charge in [0.15, 0.2) is 5.69 Å². The number of hydrogen-bond donors (Lipinski definition) is 2. The molecule has 1 aromatic heterocycles. The van der Waals surface area contributed by atoms with Gasteiger partial charge in [0.25, 0.3) is 0 Å². The number of aromatic carboxylic acids is 1. The van der Waals surface area contributed by atoms with Crippen LogP contribution in [0.3, 0.4) is 0 Å². The molecular weight excluding hydrogens is 312 g/mol. The van der Waals surface area contributed by atoms with Crippen molar-refractivity contribution >= 4 is 33.4 Å². The van der Waals surface area contributed by atoms with Crippen LogP contribution in [0.15, 0.2) is 35.1 Å². The summed E-state index contributed by atoms with van der Waals surface area (Å²) >= 11 is 3.33. The van der Waals surface area contributed by atoms with E-state index in [0.717, 1.165) is 0 Å². The molecule has 0 fully saturated rings. The van der Waals surface area contributed by atoms with Gasteiger partial charge in [-0.2, -0.15) is 5.26 Å². The lowest BCUT2D eigenvalue weighted by Gasteiger charge is -2.07. The van der Waals surface area contributed by atoms with E-state index in [9.17, 15) is 4.79 Å². The molecule has 0 bridgehead atoms. The SMILES string of the molecule is N#Cc1ccc(Nc2cnc(C(=O)O)cn2)c(Br)c1. The summed E-state index contributed by atoms with van der Waals surface area (Å²) in [5, 5.41) is 20.4. The molecule has 0 atom stereocenters. The molecule has 0 spiro atoms. The Balaban J connectivity index is 2.22. The number of carboxylic acids is 1. The minimum Gasteiger partial charge on any atom is -0.476 e. The molecule has 2 N–H and O–H groups in total. The second-order valence-electron chi connectivity index (χ2n) is 3.52. The van der Waals surface area contributed by atoms with Crippen molar-refractivity contribution in [2.24, 2.45) is 0 Å². The first-order chi connectivity index (χ1) is 9.10. The molecule has 94 valence electrons. The molecule has 0 aliphatic rings. The van der Waals surface area contributed by atoms with E-state index in [1.165, 1.54) is 12.4 Å². The van der Waals surface area contributed by atoms with Crippen molar-refractivity contribution in [1.29, 1.82) is 5.26 Å². The number of nitriles is 1. The summed E-state index contributed by atoms with van der Waals surface area (Å²) in [6, 6.07) is 7.07. The van der Waals surface area contributed by atoms with E-state index in [4.69, 9.17) is 10.4 Å². The summed E-state index contributed by atoms with van der Waals surface area (Å²) in [7, 11) is 0. The average Bonchev–Trinajstić information content (AvgIpc) is 2.41. The lowest BCUT2D eigenvalue weighted by molar-refractivity contribution is 0.0690. The Hall–Kier alpha value is -2.46. The Morgan fingerprint density at radius 2 is 2.16 bits per heavy atom. The predicted octanol–water partition coefficient (Wildman–Crippen LogP) is 2.55. The summed E-state index contributed by atoms with van der Waals surface area (Å²) in [5.41, 5.74) is 1.12. The first-order valence-corrected chi connectivity index (χ1v) is 5.91. The van der Waals surface area contributed by atoms with Gasteiger partial charge in [-0.25, -0.2) is 14.8 Å². The molecule has 1 aromatic carbocycles. The van der Waals surface area contributed by atoms with Gasteiger partial charge in [0.1, 0.15) is 5.82 Å². The monoisotopic (exact) mass is 318 g/mol. The Labute approximate surface area is 116 Å². The Bertz CT molecular complexity index is 664. The average molecular weight is 319 g/mol. The minimum absolute atomic E-state index is 0.121. The van der Waals surface area contributed by atoms with E-state index in [0.29, 0.717) is 21.5 Å². The highest BCUT2D eigenvalue weighted by molar-refractivity contribution is 9.10. The van der Waals surface area contributed by atoms with E-state index in [2.05, 4.69) is 31.2 Å². The van der Waals surface area contributed by atoms with E-state index in [1.54, 1.807) is 18.2 Å². The first-order valence-electron chi connectivity index (χ1n) is 5.12. The van der Waals surface area contributed by atoms with Gasteiger partial charge in [-0.1, -0.05) is 0 Å². The Kier molecular flexibility index (Phi) is 3.73. The molecule has 0 aliphatic heterocycles. The van der Waals surface area contributed by atoms with E-state index in [1.807, 2.05) is 6.07 Å². The highest BCUT2D eigenvalue weighted by atomic mass is 79.9. The number of anilines is 2. The van der Waals surface area contributed by atoms with Crippen molar-refractivity contribution < 1.29 is 9.90 Å². The van der Waals surface area contributed by atoms with Crippen LogP contribution >= 0.6 is 15.9 Å². The predicted molar refractivity (Wildman–Crippen MR) is 71.1 cm³/mol. The molecule has 0 aliphatic carbocycles. The van der Waals surface area contributed by atoms with E-state index in [-0.39, 0.29) is 5.69 Å². The number of aromatic nitrogens is 2. The smallest absolute Gasteiger partial charge is 0.356 e. The van der Waals surface area contributed by atoms with Crippen LogP contribution in [-0.4, -0.2) is 21.0 Å². The van der Waals surface area contributed by atoms with Crippen molar-refractivity contribution in [3.05, 3.63) is 46.3 Å². The number of carboxylic acid groups (broad SMARTS) is 1. The normalized spacial score (nSPS) is 9.68. The standard InChI is InChI=1S/C12H7BrN4O2/c13-8-3-7(4-14)1-2-9(8)17-11-6-15-10(5-16-11)12(18)19/h1-3,5-6H,(H,16,17)(H,18,19). The van der Waals surface area contributed by atoms with Gasteiger partial charge >= 0.3 is 5.97 Å². The highest BCUT2D eigenvalue weighted by Crippen LogP contribution is 2.25. The summed E-state index contributed by atoms with van der Waals surface area (Å²) in [6.45, 7) is 0. The van der Waals surface area contributed by atoms with Crippen molar-refractivity contribution in [3.8, 4) is 6.07 Å². The third kappa shape index (κ3) is 3.05. The maximum Gasteiger partial charge on any atom is 0.356 e. The van der Waals surface area contributed by atoms with Gasteiger partial charge in [0, 0.05) is 4.47 Å². The van der Waals surface area contributed by atoms with Crippen molar-refractivity contribution in [2.45, 2.75) is 0 Å². The summed E-state index contributed by atoms with van der Waals surface area (Å²) in [4.78, 5) is 18.3. The summed E-state index contributed by atoms with van der Waals surface area (Å²) in [6.07, 6.45) is 2.50. The third-order valence-corrected chi connectivity index (χ3v) is 2.89. The van der Waals surface area contributed by atoms with Crippen LogP contribution in [-0.2, 0) is 0 Å². The number of carbonyl (C=O) groups is 1. The van der Waals surface area contributed by atoms with Gasteiger partial charge in [-0.15, -0.1) is 0 Å². The van der Waals surface area contributed by atoms with Gasteiger partial charge in [0.05, 0.1) is 29.7 Å². The summed E-state index contributed by atoms with van der Waals surface area (Å²) in [5.74, 6) is -0.714. The molecule has 0 radical (unpaired) electrons. The second kappa shape index (κ2) is 5.46. The maximum absolute atomic E-state index is 10.6. The molecule has 2 aromatic rings. The molecule has 19 heavy (non-hydrogen) atoms. The number of nitrogens with one attached hydrogen (secondary N) is 1. The first kappa shape index (κ1) is 13.0. The minimum atomic E-state index is -1.13. The van der Waals surface area contributed by atoms with Crippen LogP contribution in [0.2, 0.25) is 0 Å². The zero-order valence-corrected chi connectivity index (χ0v) is 11.0.